The Balaban J connectivity index is 2.57. The zero-order chi connectivity index (χ0) is 11.3. The van der Waals surface area contributed by atoms with Gasteiger partial charge in [0.1, 0.15) is 0 Å². The third-order valence-electron chi connectivity index (χ3n) is 1.71. The van der Waals surface area contributed by atoms with Crippen LogP contribution in [0, 0.1) is 10.1 Å². The van der Waals surface area contributed by atoms with Crippen molar-refractivity contribution in [1.82, 2.24) is 0 Å². The molecule has 1 rings (SSSR count). The first-order chi connectivity index (χ1) is 7.13. The number of benzene rings is 1. The molecule has 0 radical (unpaired) electrons. The average molecular weight is 241 g/mol. The third kappa shape index (κ3) is 3.97. The molecule has 0 spiro atoms. The summed E-state index contributed by atoms with van der Waals surface area (Å²) in [6.45, 7) is 3.83. The molecule has 0 fully saturated rings. The third-order valence-corrected chi connectivity index (χ3v) is 3.32. The minimum atomic E-state index is -0.402. The van der Waals surface area contributed by atoms with Gasteiger partial charge in [-0.3, -0.25) is 10.1 Å². The van der Waals surface area contributed by atoms with Crippen molar-refractivity contribution in [1.29, 1.82) is 0 Å². The second-order valence-electron chi connectivity index (χ2n) is 2.95. The van der Waals surface area contributed by atoms with Crippen LogP contribution in [0.3, 0.4) is 0 Å². The Morgan fingerprint density at radius 3 is 2.53 bits per heavy atom. The second kappa shape index (κ2) is 5.82. The van der Waals surface area contributed by atoms with Crippen molar-refractivity contribution in [3.05, 3.63) is 46.5 Å². The average Bonchev–Trinajstić information content (AvgIpc) is 2.26. The van der Waals surface area contributed by atoms with E-state index in [-0.39, 0.29) is 5.69 Å². The Bertz CT molecular complexity index is 362. The highest BCUT2D eigenvalue weighted by molar-refractivity contribution is 7.99. The number of rotatable bonds is 5. The summed E-state index contributed by atoms with van der Waals surface area (Å²) in [6.07, 6.45) is 0. The van der Waals surface area contributed by atoms with E-state index in [2.05, 4.69) is 19.2 Å². The molecule has 0 heterocycles. The van der Waals surface area contributed by atoms with Crippen LogP contribution in [0.2, 0.25) is 0 Å². The van der Waals surface area contributed by atoms with Crippen LogP contribution in [0.15, 0.2) is 41.3 Å². The van der Waals surface area contributed by atoms with E-state index in [1.165, 1.54) is 12.1 Å². The summed E-state index contributed by atoms with van der Waals surface area (Å²) in [5.74, 6) is 1.46. The summed E-state index contributed by atoms with van der Waals surface area (Å²) in [4.78, 5) is 11.0. The monoisotopic (exact) mass is 241 g/mol. The van der Waals surface area contributed by atoms with Crippen molar-refractivity contribution < 1.29 is 4.92 Å². The highest BCUT2D eigenvalue weighted by Gasteiger charge is 2.04. The highest BCUT2D eigenvalue weighted by atomic mass is 32.2. The van der Waals surface area contributed by atoms with Crippen molar-refractivity contribution >= 4 is 30.1 Å². The molecule has 0 atom stereocenters. The first-order valence-corrected chi connectivity index (χ1v) is 5.90. The van der Waals surface area contributed by atoms with Crippen LogP contribution in [0.4, 0.5) is 5.69 Å². The van der Waals surface area contributed by atoms with Crippen LogP contribution in [-0.2, 0) is 0 Å². The smallest absolute Gasteiger partial charge is 0.258 e. The first kappa shape index (κ1) is 12.1. The molecule has 0 amide bonds. The minimum Gasteiger partial charge on any atom is -0.258 e. The maximum absolute atomic E-state index is 10.4. The van der Waals surface area contributed by atoms with Crippen molar-refractivity contribution in [2.24, 2.45) is 0 Å². The van der Waals surface area contributed by atoms with Gasteiger partial charge in [-0.2, -0.15) is 12.6 Å². The summed E-state index contributed by atoms with van der Waals surface area (Å²) in [5.41, 5.74) is 1.16. The molecule has 0 aliphatic heterocycles. The fourth-order valence-corrected chi connectivity index (χ4v) is 1.96. The van der Waals surface area contributed by atoms with Gasteiger partial charge in [0.05, 0.1) is 4.92 Å². The molecule has 0 saturated carbocycles. The van der Waals surface area contributed by atoms with Gasteiger partial charge >= 0.3 is 0 Å². The molecule has 3 nitrogen and oxygen atoms in total. The lowest BCUT2D eigenvalue weighted by molar-refractivity contribution is -0.384. The largest absolute Gasteiger partial charge is 0.269 e. The van der Waals surface area contributed by atoms with Crippen LogP contribution in [0.5, 0.6) is 0 Å². The van der Waals surface area contributed by atoms with E-state index in [9.17, 15) is 10.1 Å². The number of hydrogen-bond acceptors (Lipinski definition) is 4. The van der Waals surface area contributed by atoms with Gasteiger partial charge in [-0.15, -0.1) is 11.8 Å². The van der Waals surface area contributed by atoms with Crippen molar-refractivity contribution in [2.45, 2.75) is 4.90 Å². The SMILES string of the molecule is C=C(CS)CSc1ccc([N+](=O)[O-])cc1. The zero-order valence-corrected chi connectivity index (χ0v) is 9.76. The summed E-state index contributed by atoms with van der Waals surface area (Å²) in [7, 11) is 0. The Morgan fingerprint density at radius 1 is 1.47 bits per heavy atom. The van der Waals surface area contributed by atoms with Gasteiger partial charge in [0.15, 0.2) is 0 Å². The Hall–Kier alpha value is -0.940. The standard InChI is InChI=1S/C10H11NO2S2/c1-8(6-14)7-15-10-4-2-9(3-5-10)11(12)13/h2-5,14H,1,6-7H2. The highest BCUT2D eigenvalue weighted by Crippen LogP contribution is 2.22. The summed E-state index contributed by atoms with van der Waals surface area (Å²) in [6, 6.07) is 6.50. The molecule has 0 aliphatic rings. The van der Waals surface area contributed by atoms with E-state index in [0.29, 0.717) is 5.75 Å². The van der Waals surface area contributed by atoms with Crippen molar-refractivity contribution in [3.8, 4) is 0 Å². The molecule has 80 valence electrons. The van der Waals surface area contributed by atoms with E-state index in [1.807, 2.05) is 0 Å². The van der Waals surface area contributed by atoms with Crippen molar-refractivity contribution in [2.75, 3.05) is 11.5 Å². The minimum absolute atomic E-state index is 0.118. The van der Waals surface area contributed by atoms with Gasteiger partial charge in [-0.25, -0.2) is 0 Å². The molecule has 15 heavy (non-hydrogen) atoms. The van der Waals surface area contributed by atoms with Crippen LogP contribution in [-0.4, -0.2) is 16.4 Å². The summed E-state index contributed by atoms with van der Waals surface area (Å²) in [5, 5.41) is 10.4. The van der Waals surface area contributed by atoms with Gasteiger partial charge < -0.3 is 0 Å². The fourth-order valence-electron chi connectivity index (χ4n) is 0.895. The number of nitro benzene ring substituents is 1. The van der Waals surface area contributed by atoms with Crippen LogP contribution < -0.4 is 0 Å². The van der Waals surface area contributed by atoms with E-state index in [0.717, 1.165) is 16.2 Å². The predicted octanol–water partition coefficient (Wildman–Crippen LogP) is 3.17. The lowest BCUT2D eigenvalue weighted by Gasteiger charge is -2.01. The topological polar surface area (TPSA) is 43.1 Å². The molecule has 0 bridgehead atoms. The van der Waals surface area contributed by atoms with Gasteiger partial charge in [0.2, 0.25) is 0 Å². The molecule has 0 unspecified atom stereocenters. The van der Waals surface area contributed by atoms with E-state index >= 15 is 0 Å². The van der Waals surface area contributed by atoms with Gasteiger partial charge in [0, 0.05) is 28.5 Å². The molecule has 0 N–H and O–H groups in total. The molecule has 0 aromatic heterocycles. The van der Waals surface area contributed by atoms with Gasteiger partial charge in [-0.1, -0.05) is 12.2 Å². The second-order valence-corrected chi connectivity index (χ2v) is 4.31. The molecule has 0 aliphatic carbocycles. The van der Waals surface area contributed by atoms with E-state index < -0.39 is 4.92 Å². The lowest BCUT2D eigenvalue weighted by Crippen LogP contribution is -1.88. The van der Waals surface area contributed by atoms with Gasteiger partial charge in [-0.05, 0) is 12.1 Å². The molecular formula is C10H11NO2S2. The molecule has 1 aromatic rings. The van der Waals surface area contributed by atoms with Gasteiger partial charge in [0.25, 0.3) is 5.69 Å². The van der Waals surface area contributed by atoms with Crippen LogP contribution >= 0.6 is 24.4 Å². The maximum Gasteiger partial charge on any atom is 0.269 e. The molecule has 1 aromatic carbocycles. The molecular weight excluding hydrogens is 230 g/mol. The number of hydrogen-bond donors (Lipinski definition) is 1. The normalized spacial score (nSPS) is 9.93. The Labute approximate surface area is 98.1 Å². The number of thiol groups is 1. The Kier molecular flexibility index (Phi) is 4.71. The zero-order valence-electron chi connectivity index (χ0n) is 8.05. The van der Waals surface area contributed by atoms with Crippen LogP contribution in [0.1, 0.15) is 0 Å². The van der Waals surface area contributed by atoms with E-state index in [4.69, 9.17) is 0 Å². The number of nitro groups is 1. The number of non-ortho nitro benzene ring substituents is 1. The summed E-state index contributed by atoms with van der Waals surface area (Å²) >= 11 is 5.71. The number of nitrogens with zero attached hydrogens (tertiary/aromatic N) is 1. The fraction of sp³-hybridized carbons (Fsp3) is 0.200. The quantitative estimate of drug-likeness (QED) is 0.283. The van der Waals surface area contributed by atoms with Crippen LogP contribution in [0.25, 0.3) is 0 Å². The number of thioether (sulfide) groups is 1. The molecule has 5 heteroatoms. The maximum atomic E-state index is 10.4. The molecule has 0 saturated heterocycles. The van der Waals surface area contributed by atoms with Crippen molar-refractivity contribution in [3.63, 3.8) is 0 Å². The van der Waals surface area contributed by atoms with E-state index in [1.54, 1.807) is 23.9 Å². The predicted molar refractivity (Wildman–Crippen MR) is 66.8 cm³/mol. The summed E-state index contributed by atoms with van der Waals surface area (Å²) < 4.78 is 0. The first-order valence-electron chi connectivity index (χ1n) is 4.28. The lowest BCUT2D eigenvalue weighted by atomic mass is 10.3. The Morgan fingerprint density at radius 2 is 2.07 bits per heavy atom.